The summed E-state index contributed by atoms with van der Waals surface area (Å²) in [7, 11) is 0. The number of nitrogens with one attached hydrogen (secondary N) is 1. The summed E-state index contributed by atoms with van der Waals surface area (Å²) in [4.78, 5) is 24.7. The van der Waals surface area contributed by atoms with Gasteiger partial charge in [0.2, 0.25) is 0 Å². The number of carbonyl (C=O) groups excluding carboxylic acids is 2. The third kappa shape index (κ3) is 7.84. The van der Waals surface area contributed by atoms with Crippen molar-refractivity contribution in [1.29, 1.82) is 0 Å². The van der Waals surface area contributed by atoms with Crippen LogP contribution in [-0.2, 0) is 14.3 Å². The molecule has 0 saturated heterocycles. The molecular formula is C25H39NO4. The third-order valence-electron chi connectivity index (χ3n) is 6.08. The van der Waals surface area contributed by atoms with Crippen molar-refractivity contribution >= 4 is 11.7 Å². The van der Waals surface area contributed by atoms with E-state index in [2.05, 4.69) is 24.4 Å². The van der Waals surface area contributed by atoms with Crippen LogP contribution in [0.25, 0.3) is 0 Å². The second kappa shape index (κ2) is 12.9. The molecule has 1 unspecified atom stereocenters. The molecule has 1 N–H and O–H groups in total. The van der Waals surface area contributed by atoms with E-state index >= 15 is 0 Å². The van der Waals surface area contributed by atoms with E-state index < -0.39 is 0 Å². The Morgan fingerprint density at radius 3 is 2.27 bits per heavy atom. The van der Waals surface area contributed by atoms with Crippen LogP contribution in [0, 0.1) is 11.8 Å². The molecule has 0 bridgehead atoms. The van der Waals surface area contributed by atoms with Gasteiger partial charge in [0.05, 0.1) is 25.9 Å². The first-order valence-corrected chi connectivity index (χ1v) is 11.5. The van der Waals surface area contributed by atoms with E-state index in [1.807, 2.05) is 32.9 Å². The Bertz CT molecular complexity index is 648. The first kappa shape index (κ1) is 24.5. The van der Waals surface area contributed by atoms with Gasteiger partial charge in [-0.25, -0.2) is 0 Å². The molecule has 1 aliphatic carbocycles. The highest BCUT2D eigenvalue weighted by atomic mass is 16.5. The van der Waals surface area contributed by atoms with Crippen molar-refractivity contribution in [2.24, 2.45) is 11.8 Å². The van der Waals surface area contributed by atoms with E-state index in [1.54, 1.807) is 0 Å². The number of benzene rings is 1. The SMILES string of the molecule is CCC(C)C(=O)C1CCC(c2ccc(C(=O)NCCOCCOC(C)C)cc2)CC1. The number of ketones is 1. The number of amides is 1. The molecule has 2 rings (SSSR count). The molecule has 1 saturated carbocycles. The fourth-order valence-corrected chi connectivity index (χ4v) is 4.01. The molecule has 5 heteroatoms. The van der Waals surface area contributed by atoms with Gasteiger partial charge in [0.1, 0.15) is 5.78 Å². The molecular weight excluding hydrogens is 378 g/mol. The van der Waals surface area contributed by atoms with Gasteiger partial charge in [-0.1, -0.05) is 26.0 Å². The summed E-state index contributed by atoms with van der Waals surface area (Å²) < 4.78 is 10.9. The maximum absolute atomic E-state index is 12.4. The predicted octanol–water partition coefficient (Wildman–Crippen LogP) is 4.75. The maximum atomic E-state index is 12.4. The van der Waals surface area contributed by atoms with Crippen LogP contribution < -0.4 is 5.32 Å². The minimum atomic E-state index is -0.0774. The molecule has 0 aliphatic heterocycles. The molecule has 1 fully saturated rings. The largest absolute Gasteiger partial charge is 0.377 e. The first-order chi connectivity index (χ1) is 14.4. The fraction of sp³-hybridized carbons (Fsp3) is 0.680. The van der Waals surface area contributed by atoms with Crippen LogP contribution in [0.4, 0.5) is 0 Å². The molecule has 5 nitrogen and oxygen atoms in total. The zero-order valence-corrected chi connectivity index (χ0v) is 19.1. The van der Waals surface area contributed by atoms with Gasteiger partial charge < -0.3 is 14.8 Å². The Morgan fingerprint density at radius 2 is 1.67 bits per heavy atom. The number of hydrogen-bond acceptors (Lipinski definition) is 4. The van der Waals surface area contributed by atoms with Crippen molar-refractivity contribution in [2.45, 2.75) is 71.8 Å². The fourth-order valence-electron chi connectivity index (χ4n) is 4.01. The number of hydrogen-bond donors (Lipinski definition) is 1. The lowest BCUT2D eigenvalue weighted by molar-refractivity contribution is -0.127. The molecule has 0 spiro atoms. The van der Waals surface area contributed by atoms with E-state index in [9.17, 15) is 9.59 Å². The van der Waals surface area contributed by atoms with Crippen molar-refractivity contribution in [3.8, 4) is 0 Å². The summed E-state index contributed by atoms with van der Waals surface area (Å²) in [6, 6.07) is 7.93. The Kier molecular flexibility index (Phi) is 10.5. The second-order valence-electron chi connectivity index (χ2n) is 8.67. The van der Waals surface area contributed by atoms with Crippen LogP contribution in [0.2, 0.25) is 0 Å². The molecule has 1 aromatic carbocycles. The predicted molar refractivity (Wildman–Crippen MR) is 120 cm³/mol. The molecule has 1 amide bonds. The van der Waals surface area contributed by atoms with Crippen LogP contribution in [0.3, 0.4) is 0 Å². The monoisotopic (exact) mass is 417 g/mol. The van der Waals surface area contributed by atoms with Gasteiger partial charge in [-0.2, -0.15) is 0 Å². The first-order valence-electron chi connectivity index (χ1n) is 11.5. The molecule has 0 heterocycles. The van der Waals surface area contributed by atoms with E-state index in [4.69, 9.17) is 9.47 Å². The molecule has 1 aliphatic rings. The zero-order valence-electron chi connectivity index (χ0n) is 19.1. The van der Waals surface area contributed by atoms with Crippen molar-refractivity contribution in [3.63, 3.8) is 0 Å². The summed E-state index contributed by atoms with van der Waals surface area (Å²) in [5.74, 6) is 1.28. The van der Waals surface area contributed by atoms with Gasteiger partial charge >= 0.3 is 0 Å². The van der Waals surface area contributed by atoms with Crippen LogP contribution in [-0.4, -0.2) is 44.2 Å². The highest BCUT2D eigenvalue weighted by Gasteiger charge is 2.29. The minimum absolute atomic E-state index is 0.0774. The molecule has 30 heavy (non-hydrogen) atoms. The van der Waals surface area contributed by atoms with Crippen LogP contribution in [0.15, 0.2) is 24.3 Å². The van der Waals surface area contributed by atoms with Crippen LogP contribution in [0.1, 0.15) is 81.6 Å². The van der Waals surface area contributed by atoms with Gasteiger partial charge in [-0.05, 0) is 69.6 Å². The zero-order chi connectivity index (χ0) is 21.9. The van der Waals surface area contributed by atoms with E-state index in [0.29, 0.717) is 43.6 Å². The Balaban J connectivity index is 1.71. The second-order valence-corrected chi connectivity index (χ2v) is 8.67. The lowest BCUT2D eigenvalue weighted by Crippen LogP contribution is -2.28. The van der Waals surface area contributed by atoms with Gasteiger partial charge in [0.25, 0.3) is 5.91 Å². The number of carbonyl (C=O) groups is 2. The quantitative estimate of drug-likeness (QED) is 0.499. The number of ether oxygens (including phenoxy) is 2. The normalized spacial score (nSPS) is 20.2. The molecule has 168 valence electrons. The van der Waals surface area contributed by atoms with Gasteiger partial charge in [-0.3, -0.25) is 9.59 Å². The summed E-state index contributed by atoms with van der Waals surface area (Å²) in [5.41, 5.74) is 1.94. The smallest absolute Gasteiger partial charge is 0.251 e. The summed E-state index contributed by atoms with van der Waals surface area (Å²) >= 11 is 0. The third-order valence-corrected chi connectivity index (χ3v) is 6.08. The summed E-state index contributed by atoms with van der Waals surface area (Å²) in [6.07, 6.45) is 5.21. The summed E-state index contributed by atoms with van der Waals surface area (Å²) in [6.45, 7) is 10.2. The van der Waals surface area contributed by atoms with Crippen molar-refractivity contribution in [1.82, 2.24) is 5.32 Å². The molecule has 0 aromatic heterocycles. The van der Waals surface area contributed by atoms with E-state index in [1.165, 1.54) is 5.56 Å². The highest BCUT2D eigenvalue weighted by molar-refractivity contribution is 5.94. The van der Waals surface area contributed by atoms with E-state index in [-0.39, 0.29) is 23.8 Å². The average Bonchev–Trinajstić information content (AvgIpc) is 2.77. The topological polar surface area (TPSA) is 64.6 Å². The molecule has 1 atom stereocenters. The Labute approximate surface area is 181 Å². The summed E-state index contributed by atoms with van der Waals surface area (Å²) in [5, 5.41) is 2.89. The Hall–Kier alpha value is -1.72. The average molecular weight is 418 g/mol. The van der Waals surface area contributed by atoms with Gasteiger partial charge in [0.15, 0.2) is 0 Å². The molecule has 1 aromatic rings. The van der Waals surface area contributed by atoms with Gasteiger partial charge in [-0.15, -0.1) is 0 Å². The highest BCUT2D eigenvalue weighted by Crippen LogP contribution is 2.37. The van der Waals surface area contributed by atoms with Crippen LogP contribution >= 0.6 is 0 Å². The lowest BCUT2D eigenvalue weighted by Gasteiger charge is -2.29. The Morgan fingerprint density at radius 1 is 1.00 bits per heavy atom. The van der Waals surface area contributed by atoms with Crippen molar-refractivity contribution in [3.05, 3.63) is 35.4 Å². The van der Waals surface area contributed by atoms with Gasteiger partial charge in [0, 0.05) is 23.9 Å². The van der Waals surface area contributed by atoms with E-state index in [0.717, 1.165) is 32.1 Å². The maximum Gasteiger partial charge on any atom is 0.251 e. The minimum Gasteiger partial charge on any atom is -0.377 e. The number of rotatable bonds is 12. The standard InChI is InChI=1S/C25H39NO4/c1-5-19(4)24(27)22-10-6-20(7-11-22)21-8-12-23(13-9-21)25(28)26-14-15-29-16-17-30-18(2)3/h8-9,12-13,18-20,22H,5-7,10-11,14-17H2,1-4H3,(H,26,28). The van der Waals surface area contributed by atoms with Crippen molar-refractivity contribution in [2.75, 3.05) is 26.4 Å². The van der Waals surface area contributed by atoms with Crippen molar-refractivity contribution < 1.29 is 19.1 Å². The molecule has 0 radical (unpaired) electrons. The lowest BCUT2D eigenvalue weighted by atomic mass is 9.75. The number of Topliss-reactive ketones (excluding diaryl/α,β-unsaturated/α-hetero) is 1. The van der Waals surface area contributed by atoms with Crippen LogP contribution in [0.5, 0.6) is 0 Å².